The first-order chi connectivity index (χ1) is 10.6. The average molecular weight is 316 g/mol. The molecule has 0 amide bonds. The molecule has 1 aliphatic heterocycles. The Labute approximate surface area is 137 Å². The summed E-state index contributed by atoms with van der Waals surface area (Å²) in [7, 11) is 0. The molecule has 0 atom stereocenters. The molecule has 1 heterocycles. The Morgan fingerprint density at radius 2 is 1.55 bits per heavy atom. The molecule has 3 rings (SSSR count). The normalized spacial score (nSPS) is 15.2. The van der Waals surface area contributed by atoms with Crippen molar-refractivity contribution in [3.05, 3.63) is 52.5 Å². The Morgan fingerprint density at radius 3 is 2.18 bits per heavy atom. The van der Waals surface area contributed by atoms with Gasteiger partial charge in [-0.2, -0.15) is 0 Å². The molecule has 0 aliphatic carbocycles. The third kappa shape index (κ3) is 2.86. The van der Waals surface area contributed by atoms with Crippen LogP contribution in [0.1, 0.15) is 11.1 Å². The van der Waals surface area contributed by atoms with Gasteiger partial charge in [-0.25, -0.2) is 0 Å². The highest BCUT2D eigenvalue weighted by Gasteiger charge is 2.20. The van der Waals surface area contributed by atoms with Gasteiger partial charge in [0.2, 0.25) is 0 Å². The van der Waals surface area contributed by atoms with Gasteiger partial charge in [-0.15, -0.1) is 0 Å². The lowest BCUT2D eigenvalue weighted by Crippen LogP contribution is -2.46. The van der Waals surface area contributed by atoms with Gasteiger partial charge in [0.1, 0.15) is 0 Å². The van der Waals surface area contributed by atoms with Crippen LogP contribution in [0.4, 0.5) is 17.1 Å². The molecule has 2 N–H and O–H groups in total. The lowest BCUT2D eigenvalue weighted by molar-refractivity contribution is 0.652. The fourth-order valence-electron chi connectivity index (χ4n) is 3.05. The van der Waals surface area contributed by atoms with E-state index in [1.807, 2.05) is 18.2 Å². The molecule has 0 saturated carbocycles. The molecule has 2 aromatic rings. The van der Waals surface area contributed by atoms with Crippen LogP contribution < -0.4 is 15.5 Å². The average Bonchev–Trinajstić information content (AvgIpc) is 2.50. The van der Waals surface area contributed by atoms with Crippen molar-refractivity contribution in [3.63, 3.8) is 0 Å². The fraction of sp³-hybridized carbons (Fsp3) is 0.333. The van der Waals surface area contributed by atoms with Crippen molar-refractivity contribution in [2.24, 2.45) is 0 Å². The van der Waals surface area contributed by atoms with E-state index in [2.05, 4.69) is 41.8 Å². The molecule has 0 spiro atoms. The van der Waals surface area contributed by atoms with Gasteiger partial charge >= 0.3 is 0 Å². The van der Waals surface area contributed by atoms with Gasteiger partial charge in [0.05, 0.1) is 10.7 Å². The zero-order valence-electron chi connectivity index (χ0n) is 13.1. The molecule has 1 aliphatic rings. The van der Waals surface area contributed by atoms with Gasteiger partial charge in [-0.05, 0) is 49.2 Å². The number of rotatable bonds is 2. The molecular weight excluding hydrogens is 294 g/mol. The summed E-state index contributed by atoms with van der Waals surface area (Å²) >= 11 is 6.33. The topological polar surface area (TPSA) is 32.5 Å². The number of benzene rings is 2. The monoisotopic (exact) mass is 315 g/mol. The second kappa shape index (κ2) is 6.09. The minimum absolute atomic E-state index is 0.711. The minimum atomic E-state index is 0.711. The standard InChI is InChI=1S/C18H22ClN3/c1-13-4-3-5-17(14(13)2)21-8-10-22(11-9-21)18-7-6-15(20)12-16(18)19/h3-7,12H,8-11,20H2,1-2H3. The number of nitrogens with two attached hydrogens (primary N) is 1. The number of nitrogen functional groups attached to an aromatic ring is 1. The Hall–Kier alpha value is -1.87. The Kier molecular flexibility index (Phi) is 4.16. The lowest BCUT2D eigenvalue weighted by Gasteiger charge is -2.38. The van der Waals surface area contributed by atoms with E-state index in [4.69, 9.17) is 17.3 Å². The summed E-state index contributed by atoms with van der Waals surface area (Å²) in [4.78, 5) is 4.80. The fourth-order valence-corrected chi connectivity index (χ4v) is 3.35. The van der Waals surface area contributed by atoms with Crippen LogP contribution in [0, 0.1) is 13.8 Å². The molecule has 1 fully saturated rings. The number of aryl methyl sites for hydroxylation is 1. The van der Waals surface area contributed by atoms with E-state index in [0.29, 0.717) is 5.69 Å². The molecule has 1 saturated heterocycles. The molecule has 3 nitrogen and oxygen atoms in total. The Morgan fingerprint density at radius 1 is 0.909 bits per heavy atom. The summed E-state index contributed by atoms with van der Waals surface area (Å²) in [5.41, 5.74) is 11.6. The Balaban J connectivity index is 1.74. The zero-order chi connectivity index (χ0) is 15.7. The van der Waals surface area contributed by atoms with E-state index in [-0.39, 0.29) is 0 Å². The number of anilines is 3. The first-order valence-electron chi connectivity index (χ1n) is 7.67. The van der Waals surface area contributed by atoms with Gasteiger partial charge in [0.25, 0.3) is 0 Å². The quantitative estimate of drug-likeness (QED) is 0.854. The summed E-state index contributed by atoms with van der Waals surface area (Å²) in [6.45, 7) is 8.32. The first kappa shape index (κ1) is 15.0. The lowest BCUT2D eigenvalue weighted by atomic mass is 10.1. The summed E-state index contributed by atoms with van der Waals surface area (Å²) in [6.07, 6.45) is 0. The van der Waals surface area contributed by atoms with Crippen LogP contribution >= 0.6 is 11.6 Å². The van der Waals surface area contributed by atoms with Gasteiger partial charge in [0, 0.05) is 37.6 Å². The van der Waals surface area contributed by atoms with Crippen molar-refractivity contribution in [1.29, 1.82) is 0 Å². The van der Waals surface area contributed by atoms with Gasteiger partial charge in [0.15, 0.2) is 0 Å². The van der Waals surface area contributed by atoms with Crippen molar-refractivity contribution in [2.75, 3.05) is 41.7 Å². The molecule has 0 bridgehead atoms. The van der Waals surface area contributed by atoms with Gasteiger partial charge in [-0.3, -0.25) is 0 Å². The molecule has 4 heteroatoms. The Bertz CT molecular complexity index is 676. The van der Waals surface area contributed by atoms with Crippen LogP contribution in [0.15, 0.2) is 36.4 Å². The molecular formula is C18H22ClN3. The predicted octanol–water partition coefficient (Wildman–Crippen LogP) is 3.87. The number of nitrogens with zero attached hydrogens (tertiary/aromatic N) is 2. The van der Waals surface area contributed by atoms with E-state index in [9.17, 15) is 0 Å². The van der Waals surface area contributed by atoms with Crippen LogP contribution in [0.5, 0.6) is 0 Å². The first-order valence-corrected chi connectivity index (χ1v) is 8.05. The molecule has 0 unspecified atom stereocenters. The maximum Gasteiger partial charge on any atom is 0.0660 e. The van der Waals surface area contributed by atoms with Crippen molar-refractivity contribution in [3.8, 4) is 0 Å². The zero-order valence-corrected chi connectivity index (χ0v) is 13.9. The largest absolute Gasteiger partial charge is 0.399 e. The molecule has 22 heavy (non-hydrogen) atoms. The summed E-state index contributed by atoms with van der Waals surface area (Å²) in [6, 6.07) is 12.3. The van der Waals surface area contributed by atoms with Crippen LogP contribution in [0.2, 0.25) is 5.02 Å². The number of hydrogen-bond acceptors (Lipinski definition) is 3. The van der Waals surface area contributed by atoms with Crippen LogP contribution in [0.3, 0.4) is 0 Å². The third-order valence-electron chi connectivity index (χ3n) is 4.51. The van der Waals surface area contributed by atoms with Gasteiger partial charge < -0.3 is 15.5 Å². The van der Waals surface area contributed by atoms with E-state index < -0.39 is 0 Å². The highest BCUT2D eigenvalue weighted by atomic mass is 35.5. The molecule has 0 aromatic heterocycles. The van der Waals surface area contributed by atoms with Crippen LogP contribution in [0.25, 0.3) is 0 Å². The SMILES string of the molecule is Cc1cccc(N2CCN(c3ccc(N)cc3Cl)CC2)c1C. The summed E-state index contributed by atoms with van der Waals surface area (Å²) in [5, 5.41) is 0.736. The van der Waals surface area contributed by atoms with E-state index in [1.54, 1.807) is 0 Å². The number of hydrogen-bond donors (Lipinski definition) is 1. The molecule has 0 radical (unpaired) electrons. The maximum atomic E-state index is 6.33. The molecule has 2 aromatic carbocycles. The maximum absolute atomic E-state index is 6.33. The number of piperazine rings is 1. The third-order valence-corrected chi connectivity index (χ3v) is 4.81. The van der Waals surface area contributed by atoms with Crippen molar-refractivity contribution < 1.29 is 0 Å². The smallest absolute Gasteiger partial charge is 0.0660 e. The second-order valence-corrected chi connectivity index (χ2v) is 6.31. The minimum Gasteiger partial charge on any atom is -0.399 e. The van der Waals surface area contributed by atoms with Crippen molar-refractivity contribution >= 4 is 28.7 Å². The van der Waals surface area contributed by atoms with Crippen molar-refractivity contribution in [1.82, 2.24) is 0 Å². The second-order valence-electron chi connectivity index (χ2n) is 5.90. The van der Waals surface area contributed by atoms with Gasteiger partial charge in [-0.1, -0.05) is 23.7 Å². The highest BCUT2D eigenvalue weighted by molar-refractivity contribution is 6.33. The highest BCUT2D eigenvalue weighted by Crippen LogP contribution is 2.30. The van der Waals surface area contributed by atoms with Crippen LogP contribution in [-0.2, 0) is 0 Å². The van der Waals surface area contributed by atoms with E-state index in [1.165, 1.54) is 16.8 Å². The van der Waals surface area contributed by atoms with Crippen molar-refractivity contribution in [2.45, 2.75) is 13.8 Å². The summed E-state index contributed by atoms with van der Waals surface area (Å²) < 4.78 is 0. The number of halogens is 1. The van der Waals surface area contributed by atoms with E-state index >= 15 is 0 Å². The summed E-state index contributed by atoms with van der Waals surface area (Å²) in [5.74, 6) is 0. The predicted molar refractivity (Wildman–Crippen MR) is 96.2 cm³/mol. The van der Waals surface area contributed by atoms with Crippen LogP contribution in [-0.4, -0.2) is 26.2 Å². The molecule has 116 valence electrons. The van der Waals surface area contributed by atoms with E-state index in [0.717, 1.165) is 36.9 Å².